The van der Waals surface area contributed by atoms with Crippen molar-refractivity contribution in [2.24, 2.45) is 16.7 Å². The fourth-order valence-electron chi connectivity index (χ4n) is 3.91. The van der Waals surface area contributed by atoms with Crippen LogP contribution in [0, 0.1) is 16.7 Å². The lowest BCUT2D eigenvalue weighted by atomic mass is 9.68. The van der Waals surface area contributed by atoms with Crippen molar-refractivity contribution in [3.05, 3.63) is 12.2 Å². The molecule has 0 bridgehead atoms. The Hall–Kier alpha value is -1.14. The molecule has 1 unspecified atom stereocenters. The van der Waals surface area contributed by atoms with Crippen molar-refractivity contribution < 1.29 is 23.5 Å². The van der Waals surface area contributed by atoms with E-state index >= 15 is 0 Å². The van der Waals surface area contributed by atoms with Gasteiger partial charge in [-0.05, 0) is 32.0 Å². The van der Waals surface area contributed by atoms with Gasteiger partial charge in [-0.1, -0.05) is 39.8 Å². The maximum atomic E-state index is 12.8. The molecule has 1 heterocycles. The monoisotopic (exact) mass is 382 g/mol. The van der Waals surface area contributed by atoms with Gasteiger partial charge < -0.3 is 13.9 Å². The first-order valence-electron chi connectivity index (χ1n) is 9.42. The zero-order valence-corrected chi connectivity index (χ0v) is 18.5. The van der Waals surface area contributed by atoms with Crippen molar-refractivity contribution in [2.45, 2.75) is 72.2 Å². The van der Waals surface area contributed by atoms with E-state index < -0.39 is 25.3 Å². The predicted octanol–water partition coefficient (Wildman–Crippen LogP) is 4.09. The second-order valence-corrected chi connectivity index (χ2v) is 14.3. The molecule has 148 valence electrons. The van der Waals surface area contributed by atoms with Crippen molar-refractivity contribution in [3.8, 4) is 0 Å². The Morgan fingerprint density at radius 3 is 2.42 bits per heavy atom. The number of fused-ring (bicyclic) bond motifs is 1. The maximum Gasteiger partial charge on any atom is 0.315 e. The highest BCUT2D eigenvalue weighted by Gasteiger charge is 2.71. The molecule has 1 saturated heterocycles. The molecule has 6 heteroatoms. The zero-order chi connectivity index (χ0) is 20.1. The number of hydrogen-bond acceptors (Lipinski definition) is 5. The Bertz CT molecular complexity index is 620. The van der Waals surface area contributed by atoms with Gasteiger partial charge in [0.25, 0.3) is 0 Å². The SMILES string of the molecule is C=C1C(CC(=O)OCC)[C@@H](O[Si](C)(C)C(C)(C)C)[C@@]2(C)C(=O)OC[C@@]12C. The lowest BCUT2D eigenvalue weighted by Gasteiger charge is -2.43. The topological polar surface area (TPSA) is 61.8 Å². The van der Waals surface area contributed by atoms with Gasteiger partial charge in [0.15, 0.2) is 8.32 Å². The van der Waals surface area contributed by atoms with Gasteiger partial charge in [-0.3, -0.25) is 9.59 Å². The Morgan fingerprint density at radius 1 is 1.35 bits per heavy atom. The van der Waals surface area contributed by atoms with Crippen LogP contribution in [0.15, 0.2) is 12.2 Å². The maximum absolute atomic E-state index is 12.8. The first-order valence-corrected chi connectivity index (χ1v) is 12.3. The Labute approximate surface area is 158 Å². The van der Waals surface area contributed by atoms with Gasteiger partial charge in [-0.25, -0.2) is 0 Å². The molecule has 0 aromatic rings. The molecule has 2 rings (SSSR count). The van der Waals surface area contributed by atoms with Crippen LogP contribution in [0.2, 0.25) is 18.1 Å². The number of esters is 2. The average Bonchev–Trinajstić information content (AvgIpc) is 2.82. The third-order valence-electron chi connectivity index (χ3n) is 7.07. The Balaban J connectivity index is 2.48. The van der Waals surface area contributed by atoms with E-state index in [4.69, 9.17) is 13.9 Å². The summed E-state index contributed by atoms with van der Waals surface area (Å²) in [5, 5.41) is -0.0132. The second kappa shape index (κ2) is 6.48. The summed E-state index contributed by atoms with van der Waals surface area (Å²) in [4.78, 5) is 25.0. The van der Waals surface area contributed by atoms with Crippen molar-refractivity contribution in [3.63, 3.8) is 0 Å². The molecular formula is C20H34O5Si. The first-order chi connectivity index (χ1) is 11.7. The van der Waals surface area contributed by atoms with E-state index in [0.717, 1.165) is 5.57 Å². The number of rotatable bonds is 5. The molecule has 1 aliphatic carbocycles. The van der Waals surface area contributed by atoms with Crippen LogP contribution in [0.25, 0.3) is 0 Å². The van der Waals surface area contributed by atoms with Crippen molar-refractivity contribution in [1.82, 2.24) is 0 Å². The van der Waals surface area contributed by atoms with E-state index in [2.05, 4.69) is 40.4 Å². The van der Waals surface area contributed by atoms with E-state index in [9.17, 15) is 9.59 Å². The quantitative estimate of drug-likeness (QED) is 0.407. The van der Waals surface area contributed by atoms with E-state index in [-0.39, 0.29) is 35.9 Å². The largest absolute Gasteiger partial charge is 0.466 e. The van der Waals surface area contributed by atoms with E-state index in [1.807, 2.05) is 13.8 Å². The molecule has 1 saturated carbocycles. The van der Waals surface area contributed by atoms with Gasteiger partial charge in [-0.15, -0.1) is 0 Å². The zero-order valence-electron chi connectivity index (χ0n) is 17.5. The highest BCUT2D eigenvalue weighted by Crippen LogP contribution is 2.64. The van der Waals surface area contributed by atoms with Crippen LogP contribution in [0.3, 0.4) is 0 Å². The lowest BCUT2D eigenvalue weighted by Crippen LogP contribution is -2.52. The molecule has 1 aliphatic heterocycles. The highest BCUT2D eigenvalue weighted by atomic mass is 28.4. The summed E-state index contributed by atoms with van der Waals surface area (Å²) >= 11 is 0. The van der Waals surface area contributed by atoms with Crippen LogP contribution in [0.1, 0.15) is 48.0 Å². The van der Waals surface area contributed by atoms with Crippen LogP contribution in [-0.2, 0) is 23.5 Å². The third kappa shape index (κ3) is 2.95. The smallest absolute Gasteiger partial charge is 0.315 e. The van der Waals surface area contributed by atoms with Crippen LogP contribution in [0.5, 0.6) is 0 Å². The molecule has 2 aliphatic rings. The van der Waals surface area contributed by atoms with Crippen LogP contribution in [-0.4, -0.2) is 39.6 Å². The van der Waals surface area contributed by atoms with Crippen molar-refractivity contribution in [1.29, 1.82) is 0 Å². The summed E-state index contributed by atoms with van der Waals surface area (Å²) in [6.07, 6.45) is -0.245. The molecule has 0 N–H and O–H groups in total. The number of cyclic esters (lactones) is 1. The minimum Gasteiger partial charge on any atom is -0.466 e. The summed E-state index contributed by atoms with van der Waals surface area (Å²) in [7, 11) is -2.18. The third-order valence-corrected chi connectivity index (χ3v) is 11.5. The number of carbonyl (C=O) groups excluding carboxylic acids is 2. The van der Waals surface area contributed by atoms with E-state index in [1.54, 1.807) is 6.92 Å². The Kier molecular flexibility index (Phi) is 5.27. The molecular weight excluding hydrogens is 348 g/mol. The second-order valence-electron chi connectivity index (χ2n) is 9.55. The first kappa shape index (κ1) is 21.2. The van der Waals surface area contributed by atoms with E-state index in [1.165, 1.54) is 0 Å². The minimum atomic E-state index is -2.18. The van der Waals surface area contributed by atoms with Gasteiger partial charge in [0.1, 0.15) is 12.0 Å². The van der Waals surface area contributed by atoms with Crippen LogP contribution < -0.4 is 0 Å². The summed E-state index contributed by atoms with van der Waals surface area (Å²) in [6, 6.07) is 0. The average molecular weight is 383 g/mol. The molecule has 0 spiro atoms. The molecule has 0 amide bonds. The minimum absolute atomic E-state index is 0.0132. The van der Waals surface area contributed by atoms with Crippen molar-refractivity contribution in [2.75, 3.05) is 13.2 Å². The standard InChI is InChI=1S/C20H34O5Si/c1-10-23-15(21)11-14-13(2)19(6)12-24-17(22)20(19,7)16(14)25-26(8,9)18(3,4)5/h14,16H,2,10-12H2,1,3-9H3/t14?,16-,19+,20+/m1/s1. The van der Waals surface area contributed by atoms with E-state index in [0.29, 0.717) is 6.61 Å². The molecule has 0 aromatic heterocycles. The molecule has 4 atom stereocenters. The number of hydrogen-bond donors (Lipinski definition) is 0. The normalized spacial score (nSPS) is 34.6. The van der Waals surface area contributed by atoms with Crippen LogP contribution in [0.4, 0.5) is 0 Å². The predicted molar refractivity (Wildman–Crippen MR) is 103 cm³/mol. The summed E-state index contributed by atoms with van der Waals surface area (Å²) in [5.41, 5.74) is -0.506. The van der Waals surface area contributed by atoms with Gasteiger partial charge >= 0.3 is 11.9 Å². The lowest BCUT2D eigenvalue weighted by molar-refractivity contribution is -0.153. The van der Waals surface area contributed by atoms with Gasteiger partial charge in [0, 0.05) is 11.3 Å². The highest BCUT2D eigenvalue weighted by molar-refractivity contribution is 6.74. The molecule has 26 heavy (non-hydrogen) atoms. The van der Waals surface area contributed by atoms with Crippen LogP contribution >= 0.6 is 0 Å². The number of carbonyl (C=O) groups is 2. The summed E-state index contributed by atoms with van der Waals surface area (Å²) < 4.78 is 17.4. The van der Waals surface area contributed by atoms with Gasteiger partial charge in [0.05, 0.1) is 19.1 Å². The fourth-order valence-corrected chi connectivity index (χ4v) is 5.30. The Morgan fingerprint density at radius 2 is 1.92 bits per heavy atom. The number of ether oxygens (including phenoxy) is 2. The molecule has 0 aromatic carbocycles. The molecule has 5 nitrogen and oxygen atoms in total. The molecule has 0 radical (unpaired) electrons. The van der Waals surface area contributed by atoms with Crippen molar-refractivity contribution >= 4 is 20.3 Å². The summed E-state index contributed by atoms with van der Waals surface area (Å²) in [6.45, 7) is 21.4. The van der Waals surface area contributed by atoms with Gasteiger partial charge in [-0.2, -0.15) is 0 Å². The fraction of sp³-hybridized carbons (Fsp3) is 0.800. The molecule has 2 fully saturated rings. The summed E-state index contributed by atoms with van der Waals surface area (Å²) in [5.74, 6) is -0.773. The van der Waals surface area contributed by atoms with Gasteiger partial charge in [0.2, 0.25) is 0 Å².